The smallest absolute Gasteiger partial charge is 0.418 e. The van der Waals surface area contributed by atoms with E-state index >= 15 is 0 Å². The summed E-state index contributed by atoms with van der Waals surface area (Å²) in [4.78, 5) is 31.9. The van der Waals surface area contributed by atoms with E-state index in [1.807, 2.05) is 85.8 Å². The van der Waals surface area contributed by atoms with Crippen molar-refractivity contribution in [2.45, 2.75) is 46.3 Å². The van der Waals surface area contributed by atoms with Crippen molar-refractivity contribution in [3.05, 3.63) is 161 Å². The van der Waals surface area contributed by atoms with E-state index in [1.165, 1.54) is 4.57 Å². The number of fused-ring (bicyclic) bond motifs is 1. The third-order valence-electron chi connectivity index (χ3n) is 9.99. The SMILES string of the molecule is C/C=C(\C(=O)Oc1c(I)cccc1-c1cccc2c1c(-c1cnc(CO[Si](c3ccccc3)(c3ccccc3)C(C)(C)C)o1)cn2C(=O)OCC)c1ccccc1. The van der Waals surface area contributed by atoms with E-state index in [0.29, 0.717) is 45.0 Å². The number of aromatic nitrogens is 2. The van der Waals surface area contributed by atoms with Gasteiger partial charge in [-0.25, -0.2) is 14.6 Å². The van der Waals surface area contributed by atoms with Crippen LogP contribution in [-0.2, 0) is 20.6 Å². The summed E-state index contributed by atoms with van der Waals surface area (Å²) >= 11 is 2.18. The summed E-state index contributed by atoms with van der Waals surface area (Å²) in [5.74, 6) is 0.765. The van der Waals surface area contributed by atoms with Gasteiger partial charge in [-0.2, -0.15) is 0 Å². The molecule has 0 atom stereocenters. The predicted octanol–water partition coefficient (Wildman–Crippen LogP) is 10.7. The standard InChI is InChI=1S/C47H43IN2O6Si/c1-6-35(32-19-11-8-12-20-32)45(51)56-44-37(26-17-27-39(44)48)36-25-18-28-40-43(36)38(30-50(40)46(52)53-7-2)41-29-49-42(55-41)31-54-57(47(3,4)5,33-21-13-9-14-22-33)34-23-15-10-16-24-34/h6,8-30H,7,31H2,1-5H3/b35-6-. The zero-order valence-electron chi connectivity index (χ0n) is 32.5. The highest BCUT2D eigenvalue weighted by atomic mass is 127. The Labute approximate surface area is 347 Å². The number of oxazole rings is 1. The minimum atomic E-state index is -2.89. The van der Waals surface area contributed by atoms with Gasteiger partial charge in [-0.3, -0.25) is 4.57 Å². The minimum Gasteiger partial charge on any atom is -0.449 e. The lowest BCUT2D eigenvalue weighted by Crippen LogP contribution is -2.66. The van der Waals surface area contributed by atoms with Crippen molar-refractivity contribution in [3.63, 3.8) is 0 Å². The molecular weight excluding hydrogens is 844 g/mol. The summed E-state index contributed by atoms with van der Waals surface area (Å²) in [5.41, 5.74) is 3.82. The fourth-order valence-electron chi connectivity index (χ4n) is 7.47. The largest absolute Gasteiger partial charge is 0.449 e. The predicted molar refractivity (Wildman–Crippen MR) is 236 cm³/mol. The van der Waals surface area contributed by atoms with Gasteiger partial charge in [0.1, 0.15) is 6.61 Å². The zero-order valence-corrected chi connectivity index (χ0v) is 35.6. The number of hydrogen-bond acceptors (Lipinski definition) is 7. The van der Waals surface area contributed by atoms with Crippen LogP contribution >= 0.6 is 22.6 Å². The van der Waals surface area contributed by atoms with E-state index < -0.39 is 20.4 Å². The fourth-order valence-corrected chi connectivity index (χ4v) is 12.6. The van der Waals surface area contributed by atoms with Crippen LogP contribution in [0.25, 0.3) is 38.9 Å². The van der Waals surface area contributed by atoms with Gasteiger partial charge in [0.05, 0.1) is 27.5 Å². The number of hydrogen-bond donors (Lipinski definition) is 0. The number of ether oxygens (including phenoxy) is 2. The van der Waals surface area contributed by atoms with Crippen molar-refractivity contribution >= 4 is 69.8 Å². The summed E-state index contributed by atoms with van der Waals surface area (Å²) < 4.78 is 27.6. The molecule has 5 aromatic carbocycles. The van der Waals surface area contributed by atoms with Gasteiger partial charge in [0.15, 0.2) is 11.5 Å². The molecule has 0 amide bonds. The number of carbonyl (C=O) groups excluding carboxylic acids is 2. The molecular formula is C47H43IN2O6Si. The molecule has 7 aromatic rings. The van der Waals surface area contributed by atoms with Crippen molar-refractivity contribution in [2.24, 2.45) is 0 Å². The molecule has 57 heavy (non-hydrogen) atoms. The number of rotatable bonds is 11. The maximum absolute atomic E-state index is 13.8. The highest BCUT2D eigenvalue weighted by Crippen LogP contribution is 2.44. The van der Waals surface area contributed by atoms with Crippen LogP contribution in [-0.4, -0.2) is 36.5 Å². The molecule has 0 aliphatic rings. The van der Waals surface area contributed by atoms with Crippen LogP contribution in [0.15, 0.2) is 150 Å². The van der Waals surface area contributed by atoms with E-state index in [-0.39, 0.29) is 18.3 Å². The van der Waals surface area contributed by atoms with Crippen molar-refractivity contribution in [1.82, 2.24) is 9.55 Å². The molecule has 0 radical (unpaired) electrons. The van der Waals surface area contributed by atoms with Gasteiger partial charge in [0.2, 0.25) is 5.89 Å². The van der Waals surface area contributed by atoms with Crippen LogP contribution in [0.2, 0.25) is 5.04 Å². The highest BCUT2D eigenvalue weighted by Gasteiger charge is 2.50. The lowest BCUT2D eigenvalue weighted by atomic mass is 9.97. The molecule has 2 aromatic heterocycles. The molecule has 8 nitrogen and oxygen atoms in total. The third-order valence-corrected chi connectivity index (χ3v) is 15.8. The van der Waals surface area contributed by atoms with Gasteiger partial charge in [-0.15, -0.1) is 0 Å². The molecule has 0 spiro atoms. The van der Waals surface area contributed by atoms with Gasteiger partial charge in [0, 0.05) is 22.7 Å². The highest BCUT2D eigenvalue weighted by molar-refractivity contribution is 14.1. The number of halogens is 1. The number of carbonyl (C=O) groups is 2. The molecule has 10 heteroatoms. The van der Waals surface area contributed by atoms with Crippen LogP contribution in [0.3, 0.4) is 0 Å². The van der Waals surface area contributed by atoms with Crippen molar-refractivity contribution in [2.75, 3.05) is 6.61 Å². The van der Waals surface area contributed by atoms with Crippen LogP contribution in [0.4, 0.5) is 4.79 Å². The fraction of sp³-hybridized carbons (Fsp3) is 0.170. The van der Waals surface area contributed by atoms with E-state index in [9.17, 15) is 9.59 Å². The van der Waals surface area contributed by atoms with Crippen LogP contribution < -0.4 is 15.1 Å². The monoisotopic (exact) mass is 886 g/mol. The first-order chi connectivity index (χ1) is 27.6. The Morgan fingerprint density at radius 2 is 1.42 bits per heavy atom. The first-order valence-electron chi connectivity index (χ1n) is 18.8. The summed E-state index contributed by atoms with van der Waals surface area (Å²) in [6.45, 7) is 10.6. The van der Waals surface area contributed by atoms with Gasteiger partial charge >= 0.3 is 12.1 Å². The molecule has 0 saturated carbocycles. The topological polar surface area (TPSA) is 92.8 Å². The minimum absolute atomic E-state index is 0.127. The summed E-state index contributed by atoms with van der Waals surface area (Å²) in [7, 11) is -2.89. The zero-order chi connectivity index (χ0) is 40.2. The number of allylic oxidation sites excluding steroid dienone is 1. The van der Waals surface area contributed by atoms with E-state index in [1.54, 1.807) is 25.4 Å². The van der Waals surface area contributed by atoms with Gasteiger partial charge in [-0.1, -0.05) is 142 Å². The Kier molecular flexibility index (Phi) is 11.8. The molecule has 0 bridgehead atoms. The molecule has 0 N–H and O–H groups in total. The first kappa shape index (κ1) is 39.7. The number of esters is 1. The summed E-state index contributed by atoms with van der Waals surface area (Å²) in [5, 5.41) is 2.76. The molecule has 288 valence electrons. The molecule has 0 aliphatic carbocycles. The second kappa shape index (κ2) is 16.9. The maximum atomic E-state index is 13.8. The number of para-hydroxylation sites is 1. The average Bonchev–Trinajstić information content (AvgIpc) is 3.85. The second-order valence-corrected chi connectivity index (χ2v) is 19.9. The van der Waals surface area contributed by atoms with Crippen molar-refractivity contribution in [1.29, 1.82) is 0 Å². The van der Waals surface area contributed by atoms with Crippen LogP contribution in [0.1, 0.15) is 46.1 Å². The Morgan fingerprint density at radius 1 is 0.807 bits per heavy atom. The lowest BCUT2D eigenvalue weighted by molar-refractivity contribution is -0.127. The Hall–Kier alpha value is -5.56. The molecule has 0 aliphatic heterocycles. The normalized spacial score (nSPS) is 12.1. The average molecular weight is 887 g/mol. The van der Waals surface area contributed by atoms with Gasteiger partial charge < -0.3 is 18.3 Å². The second-order valence-electron chi connectivity index (χ2n) is 14.5. The quantitative estimate of drug-likeness (QED) is 0.0420. The lowest BCUT2D eigenvalue weighted by Gasteiger charge is -2.42. The first-order valence-corrected chi connectivity index (χ1v) is 21.8. The third kappa shape index (κ3) is 7.77. The van der Waals surface area contributed by atoms with Gasteiger partial charge in [-0.05, 0) is 75.1 Å². The maximum Gasteiger partial charge on any atom is 0.418 e. The van der Waals surface area contributed by atoms with Crippen LogP contribution in [0, 0.1) is 3.57 Å². The molecule has 0 saturated heterocycles. The van der Waals surface area contributed by atoms with Crippen molar-refractivity contribution < 1.29 is 27.9 Å². The van der Waals surface area contributed by atoms with Crippen LogP contribution in [0.5, 0.6) is 5.75 Å². The molecule has 0 unspecified atom stereocenters. The number of benzene rings is 5. The summed E-state index contributed by atoms with van der Waals surface area (Å²) in [6.07, 6.45) is 4.60. The van der Waals surface area contributed by atoms with Gasteiger partial charge in [0.25, 0.3) is 8.32 Å². The molecule has 2 heterocycles. The van der Waals surface area contributed by atoms with E-state index in [2.05, 4.69) is 91.9 Å². The Morgan fingerprint density at radius 3 is 2.04 bits per heavy atom. The molecule has 7 rings (SSSR count). The van der Waals surface area contributed by atoms with Crippen molar-refractivity contribution in [3.8, 4) is 28.2 Å². The van der Waals surface area contributed by atoms with E-state index in [4.69, 9.17) is 23.3 Å². The summed E-state index contributed by atoms with van der Waals surface area (Å²) in [6, 6.07) is 41.7. The Balaban J connectivity index is 1.32. The molecule has 0 fully saturated rings. The Bertz CT molecular complexity index is 2520. The number of nitrogens with zero attached hydrogens (tertiary/aromatic N) is 2. The van der Waals surface area contributed by atoms with E-state index in [0.717, 1.165) is 25.1 Å².